The summed E-state index contributed by atoms with van der Waals surface area (Å²) >= 11 is 0. The van der Waals surface area contributed by atoms with Gasteiger partial charge in [0.2, 0.25) is 0 Å². The van der Waals surface area contributed by atoms with Crippen molar-refractivity contribution in [1.82, 2.24) is 0 Å². The van der Waals surface area contributed by atoms with Gasteiger partial charge in [-0.25, -0.2) is 0 Å². The van der Waals surface area contributed by atoms with Gasteiger partial charge < -0.3 is 18.7 Å². The first-order chi connectivity index (χ1) is 9.75. The summed E-state index contributed by atoms with van der Waals surface area (Å²) in [5.74, 6) is 1.02. The van der Waals surface area contributed by atoms with Gasteiger partial charge in [-0.3, -0.25) is 0 Å². The van der Waals surface area contributed by atoms with E-state index in [0.717, 1.165) is 39.5 Å². The molecule has 0 N–H and O–H groups in total. The molecule has 0 unspecified atom stereocenters. The minimum Gasteiger partial charge on any atom is -0.370 e. The first kappa shape index (κ1) is 13.5. The molecule has 3 atom stereocenters. The summed E-state index contributed by atoms with van der Waals surface area (Å²) in [6.45, 7) is 5.73. The fourth-order valence-corrected chi connectivity index (χ4v) is 5.40. The van der Waals surface area contributed by atoms with Gasteiger partial charge in [-0.05, 0) is 19.3 Å². The van der Waals surface area contributed by atoms with E-state index in [1.54, 1.807) is 0 Å². The third-order valence-electron chi connectivity index (χ3n) is 6.46. The average molecular weight is 282 g/mol. The Balaban J connectivity index is 1.64. The maximum atomic E-state index is 6.25. The van der Waals surface area contributed by atoms with Crippen molar-refractivity contribution in [3.63, 3.8) is 0 Å². The molecular weight excluding hydrogens is 254 g/mol. The van der Waals surface area contributed by atoms with Crippen molar-refractivity contribution in [2.24, 2.45) is 11.8 Å². The molecule has 4 fully saturated rings. The lowest BCUT2D eigenvalue weighted by molar-refractivity contribution is -0.947. The fraction of sp³-hybridized carbons (Fsp3) is 1.00. The van der Waals surface area contributed by atoms with Crippen LogP contribution >= 0.6 is 0 Å². The summed E-state index contributed by atoms with van der Waals surface area (Å²) in [6, 6.07) is 0.702. The lowest BCUT2D eigenvalue weighted by Crippen LogP contribution is -2.68. The first-order valence-electron chi connectivity index (χ1n) is 8.44. The standard InChI is InChI=1S/C16H28NO3/c1-17(7-9-18-10-8-17)15-6-5-13-3-2-4-14(15)16(13)19-11-12-20-16/h13-15H,2-12H2,1H3/q+1/t13-,14+,15+/m1/s1. The zero-order valence-corrected chi connectivity index (χ0v) is 12.7. The van der Waals surface area contributed by atoms with Crippen molar-refractivity contribution in [3.8, 4) is 0 Å². The van der Waals surface area contributed by atoms with E-state index in [2.05, 4.69) is 7.05 Å². The Hall–Kier alpha value is -0.160. The van der Waals surface area contributed by atoms with Gasteiger partial charge in [0, 0.05) is 12.3 Å². The van der Waals surface area contributed by atoms with Crippen LogP contribution in [-0.4, -0.2) is 62.9 Å². The topological polar surface area (TPSA) is 27.7 Å². The van der Waals surface area contributed by atoms with Crippen molar-refractivity contribution in [2.75, 3.05) is 46.6 Å². The lowest BCUT2D eigenvalue weighted by Gasteiger charge is -2.57. The van der Waals surface area contributed by atoms with Crippen LogP contribution in [0.15, 0.2) is 0 Å². The molecule has 4 aliphatic rings. The van der Waals surface area contributed by atoms with E-state index in [0.29, 0.717) is 17.9 Å². The van der Waals surface area contributed by atoms with Crippen molar-refractivity contribution in [2.45, 2.75) is 43.9 Å². The van der Waals surface area contributed by atoms with Crippen LogP contribution in [-0.2, 0) is 14.2 Å². The molecule has 0 aromatic heterocycles. The Bertz CT molecular complexity index is 361. The van der Waals surface area contributed by atoms with E-state index in [1.807, 2.05) is 0 Å². The van der Waals surface area contributed by atoms with E-state index < -0.39 is 0 Å². The highest BCUT2D eigenvalue weighted by atomic mass is 16.7. The van der Waals surface area contributed by atoms with Gasteiger partial charge in [0.15, 0.2) is 5.79 Å². The molecule has 4 rings (SSSR count). The van der Waals surface area contributed by atoms with Crippen LogP contribution < -0.4 is 0 Å². The Morgan fingerprint density at radius 1 is 0.900 bits per heavy atom. The largest absolute Gasteiger partial charge is 0.370 e. The van der Waals surface area contributed by atoms with E-state index >= 15 is 0 Å². The number of quaternary nitrogens is 1. The van der Waals surface area contributed by atoms with E-state index in [1.165, 1.54) is 36.6 Å². The molecule has 2 saturated carbocycles. The van der Waals surface area contributed by atoms with Gasteiger partial charge in [0.05, 0.1) is 45.4 Å². The number of hydrogen-bond acceptors (Lipinski definition) is 3. The monoisotopic (exact) mass is 282 g/mol. The smallest absolute Gasteiger partial charge is 0.179 e. The number of hydrogen-bond donors (Lipinski definition) is 0. The van der Waals surface area contributed by atoms with Gasteiger partial charge in [-0.1, -0.05) is 6.42 Å². The molecule has 0 aromatic carbocycles. The minimum absolute atomic E-state index is 0.221. The van der Waals surface area contributed by atoms with Crippen molar-refractivity contribution in [3.05, 3.63) is 0 Å². The molecule has 4 heteroatoms. The van der Waals surface area contributed by atoms with Crippen molar-refractivity contribution >= 4 is 0 Å². The Kier molecular flexibility index (Phi) is 3.33. The van der Waals surface area contributed by atoms with Crippen LogP contribution in [0.4, 0.5) is 0 Å². The maximum Gasteiger partial charge on any atom is 0.179 e. The first-order valence-corrected chi connectivity index (χ1v) is 8.44. The normalized spacial score (nSPS) is 42.8. The molecule has 2 heterocycles. The summed E-state index contributed by atoms with van der Waals surface area (Å²) in [4.78, 5) is 0. The second kappa shape index (κ2) is 4.94. The van der Waals surface area contributed by atoms with Crippen molar-refractivity contribution < 1.29 is 18.7 Å². The van der Waals surface area contributed by atoms with E-state index in [4.69, 9.17) is 14.2 Å². The summed E-state index contributed by atoms with van der Waals surface area (Å²) in [7, 11) is 2.44. The fourth-order valence-electron chi connectivity index (χ4n) is 5.40. The van der Waals surface area contributed by atoms with Gasteiger partial charge in [0.25, 0.3) is 0 Å². The molecule has 20 heavy (non-hydrogen) atoms. The molecule has 2 saturated heterocycles. The second-order valence-corrected chi connectivity index (χ2v) is 7.34. The molecule has 2 aliphatic heterocycles. The summed E-state index contributed by atoms with van der Waals surface area (Å²) < 4.78 is 19.3. The Labute approximate surface area is 122 Å². The molecule has 2 aliphatic carbocycles. The zero-order chi connectivity index (χ0) is 13.6. The molecule has 114 valence electrons. The zero-order valence-electron chi connectivity index (χ0n) is 12.7. The molecular formula is C16H28NO3+. The third kappa shape index (κ3) is 1.88. The van der Waals surface area contributed by atoms with Crippen LogP contribution in [0.25, 0.3) is 0 Å². The van der Waals surface area contributed by atoms with Gasteiger partial charge >= 0.3 is 0 Å². The van der Waals surface area contributed by atoms with Crippen LogP contribution in [0.5, 0.6) is 0 Å². The highest BCUT2D eigenvalue weighted by Crippen LogP contribution is 2.53. The Morgan fingerprint density at radius 2 is 1.65 bits per heavy atom. The third-order valence-corrected chi connectivity index (χ3v) is 6.46. The van der Waals surface area contributed by atoms with Gasteiger partial charge in [-0.2, -0.15) is 0 Å². The van der Waals surface area contributed by atoms with E-state index in [9.17, 15) is 0 Å². The maximum absolute atomic E-state index is 6.25. The number of morpholine rings is 1. The molecule has 1 spiro atoms. The molecule has 2 bridgehead atoms. The lowest BCUT2D eigenvalue weighted by atomic mass is 9.64. The average Bonchev–Trinajstić information content (AvgIpc) is 2.88. The predicted molar refractivity (Wildman–Crippen MR) is 75.2 cm³/mol. The number of ether oxygens (including phenoxy) is 3. The number of likely N-dealkylation sites (N-methyl/N-ethyl adjacent to an activating group) is 1. The molecule has 4 nitrogen and oxygen atoms in total. The van der Waals surface area contributed by atoms with Crippen LogP contribution in [0.2, 0.25) is 0 Å². The minimum atomic E-state index is -0.221. The second-order valence-electron chi connectivity index (χ2n) is 7.34. The summed E-state index contributed by atoms with van der Waals surface area (Å²) in [6.07, 6.45) is 6.58. The number of nitrogens with zero attached hydrogens (tertiary/aromatic N) is 1. The van der Waals surface area contributed by atoms with Gasteiger partial charge in [-0.15, -0.1) is 0 Å². The Morgan fingerprint density at radius 3 is 2.40 bits per heavy atom. The highest BCUT2D eigenvalue weighted by molar-refractivity contribution is 5.00. The molecule has 0 radical (unpaired) electrons. The predicted octanol–water partition coefficient (Wildman–Crippen LogP) is 1.78. The molecule has 0 amide bonds. The summed E-state index contributed by atoms with van der Waals surface area (Å²) in [5, 5.41) is 0. The van der Waals surface area contributed by atoms with Gasteiger partial charge in [0.1, 0.15) is 13.1 Å². The van der Waals surface area contributed by atoms with Crippen LogP contribution in [0.3, 0.4) is 0 Å². The van der Waals surface area contributed by atoms with Crippen LogP contribution in [0.1, 0.15) is 32.1 Å². The summed E-state index contributed by atoms with van der Waals surface area (Å²) in [5.41, 5.74) is 0. The SMILES string of the molecule is C[N+]1([C@H]2CC[C@H]3CCC[C@@H]2C32OCCO2)CCOCC1. The quantitative estimate of drug-likeness (QED) is 0.686. The van der Waals surface area contributed by atoms with Crippen molar-refractivity contribution in [1.29, 1.82) is 0 Å². The number of rotatable bonds is 1. The highest BCUT2D eigenvalue weighted by Gasteiger charge is 2.61. The van der Waals surface area contributed by atoms with Crippen LogP contribution in [0, 0.1) is 11.8 Å². The molecule has 0 aromatic rings. The van der Waals surface area contributed by atoms with E-state index in [-0.39, 0.29) is 5.79 Å².